The molecular formula is C27H27Cl2NO6. The number of rotatable bonds is 11. The zero-order valence-corrected chi connectivity index (χ0v) is 21.8. The van der Waals surface area contributed by atoms with Gasteiger partial charge in [-0.1, -0.05) is 59.6 Å². The number of carbonyl (C=O) groups is 2. The van der Waals surface area contributed by atoms with Gasteiger partial charge in [-0.3, -0.25) is 9.59 Å². The highest BCUT2D eigenvalue weighted by molar-refractivity contribution is 6.36. The van der Waals surface area contributed by atoms with Crippen LogP contribution in [0.4, 0.5) is 0 Å². The standard InChI is InChI=1S/C27H27Cl2NO6/c1-33-23-10-9-18(13-24(23)34-2)11-12-30(16-25(31)35-3)27(32)21-14-20(28)15-22(29)26(21)36-17-19-7-5-4-6-8-19/h4-10,13-15H,11-12,16-17H2,1-3H3. The van der Waals surface area contributed by atoms with Gasteiger partial charge in [0.2, 0.25) is 0 Å². The summed E-state index contributed by atoms with van der Waals surface area (Å²) in [6, 6.07) is 17.9. The van der Waals surface area contributed by atoms with E-state index in [1.165, 1.54) is 24.1 Å². The summed E-state index contributed by atoms with van der Waals surface area (Å²) in [6.07, 6.45) is 0.442. The molecular weight excluding hydrogens is 505 g/mol. The van der Waals surface area contributed by atoms with E-state index in [2.05, 4.69) is 0 Å². The predicted octanol–water partition coefficient (Wildman–Crippen LogP) is 5.45. The van der Waals surface area contributed by atoms with Crippen LogP contribution in [0.5, 0.6) is 17.2 Å². The lowest BCUT2D eigenvalue weighted by molar-refractivity contribution is -0.141. The SMILES string of the molecule is COC(=O)CN(CCc1ccc(OC)c(OC)c1)C(=O)c1cc(Cl)cc(Cl)c1OCc1ccccc1. The highest BCUT2D eigenvalue weighted by atomic mass is 35.5. The molecule has 9 heteroatoms. The van der Waals surface area contributed by atoms with Crippen molar-refractivity contribution in [2.45, 2.75) is 13.0 Å². The van der Waals surface area contributed by atoms with Crippen LogP contribution in [0.1, 0.15) is 21.5 Å². The van der Waals surface area contributed by atoms with Crippen LogP contribution in [0, 0.1) is 0 Å². The molecule has 0 heterocycles. The van der Waals surface area contributed by atoms with Crippen LogP contribution >= 0.6 is 23.2 Å². The van der Waals surface area contributed by atoms with E-state index in [-0.39, 0.29) is 41.1 Å². The fourth-order valence-corrected chi connectivity index (χ4v) is 4.09. The first-order valence-electron chi connectivity index (χ1n) is 11.1. The lowest BCUT2D eigenvalue weighted by Crippen LogP contribution is -2.38. The number of hydrogen-bond acceptors (Lipinski definition) is 6. The zero-order chi connectivity index (χ0) is 26.1. The molecule has 0 bridgehead atoms. The van der Waals surface area contributed by atoms with E-state index < -0.39 is 11.9 Å². The molecule has 0 aliphatic carbocycles. The van der Waals surface area contributed by atoms with E-state index in [0.717, 1.165) is 11.1 Å². The van der Waals surface area contributed by atoms with Crippen LogP contribution in [0.3, 0.4) is 0 Å². The van der Waals surface area contributed by atoms with Crippen molar-refractivity contribution in [3.05, 3.63) is 87.4 Å². The molecule has 0 aromatic heterocycles. The van der Waals surface area contributed by atoms with E-state index in [1.807, 2.05) is 42.5 Å². The Labute approximate surface area is 220 Å². The molecule has 0 N–H and O–H groups in total. The third kappa shape index (κ3) is 7.06. The maximum Gasteiger partial charge on any atom is 0.325 e. The second-order valence-electron chi connectivity index (χ2n) is 7.78. The second kappa shape index (κ2) is 13.0. The summed E-state index contributed by atoms with van der Waals surface area (Å²) >= 11 is 12.6. The molecule has 3 aromatic rings. The second-order valence-corrected chi connectivity index (χ2v) is 8.62. The minimum absolute atomic E-state index is 0.152. The van der Waals surface area contributed by atoms with Crippen molar-refractivity contribution in [3.8, 4) is 17.2 Å². The number of amides is 1. The third-order valence-corrected chi connectivity index (χ3v) is 5.92. The lowest BCUT2D eigenvalue weighted by Gasteiger charge is -2.23. The van der Waals surface area contributed by atoms with Gasteiger partial charge in [-0.2, -0.15) is 0 Å². The van der Waals surface area contributed by atoms with Gasteiger partial charge in [-0.15, -0.1) is 0 Å². The average Bonchev–Trinajstić information content (AvgIpc) is 2.89. The van der Waals surface area contributed by atoms with Gasteiger partial charge >= 0.3 is 5.97 Å². The summed E-state index contributed by atoms with van der Waals surface area (Å²) < 4.78 is 21.4. The molecule has 0 aliphatic heterocycles. The third-order valence-electron chi connectivity index (χ3n) is 5.42. The minimum Gasteiger partial charge on any atom is -0.493 e. The Balaban J connectivity index is 1.87. The normalized spacial score (nSPS) is 10.5. The summed E-state index contributed by atoms with van der Waals surface area (Å²) in [6.45, 7) is 0.154. The van der Waals surface area contributed by atoms with Gasteiger partial charge in [0.25, 0.3) is 5.91 Å². The van der Waals surface area contributed by atoms with Gasteiger partial charge in [-0.05, 0) is 41.8 Å². The van der Waals surface area contributed by atoms with Crippen LogP contribution < -0.4 is 14.2 Å². The highest BCUT2D eigenvalue weighted by Crippen LogP contribution is 2.34. The van der Waals surface area contributed by atoms with Crippen molar-refractivity contribution in [1.82, 2.24) is 4.90 Å². The molecule has 0 saturated heterocycles. The van der Waals surface area contributed by atoms with Crippen molar-refractivity contribution in [1.29, 1.82) is 0 Å². The molecule has 0 radical (unpaired) electrons. The van der Waals surface area contributed by atoms with Crippen LogP contribution in [0.2, 0.25) is 10.0 Å². The van der Waals surface area contributed by atoms with Crippen LogP contribution in [0.15, 0.2) is 60.7 Å². The van der Waals surface area contributed by atoms with Gasteiger partial charge in [0.05, 0.1) is 31.9 Å². The maximum absolute atomic E-state index is 13.7. The molecule has 0 saturated carbocycles. The molecule has 3 rings (SSSR count). The Morgan fingerprint density at radius 1 is 0.861 bits per heavy atom. The first kappa shape index (κ1) is 27.2. The summed E-state index contributed by atoms with van der Waals surface area (Å²) in [5.41, 5.74) is 1.95. The summed E-state index contributed by atoms with van der Waals surface area (Å²) in [5, 5.41) is 0.466. The average molecular weight is 532 g/mol. The Hall–Kier alpha value is -3.42. The van der Waals surface area contributed by atoms with Crippen molar-refractivity contribution < 1.29 is 28.5 Å². The van der Waals surface area contributed by atoms with E-state index >= 15 is 0 Å². The number of nitrogens with zero attached hydrogens (tertiary/aromatic N) is 1. The minimum atomic E-state index is -0.560. The maximum atomic E-state index is 13.7. The van der Waals surface area contributed by atoms with Gasteiger partial charge in [0, 0.05) is 11.6 Å². The van der Waals surface area contributed by atoms with Gasteiger partial charge < -0.3 is 23.8 Å². The molecule has 0 spiro atoms. The van der Waals surface area contributed by atoms with Gasteiger partial charge in [-0.25, -0.2) is 0 Å². The number of esters is 1. The molecule has 36 heavy (non-hydrogen) atoms. The van der Waals surface area contributed by atoms with Crippen molar-refractivity contribution in [3.63, 3.8) is 0 Å². The first-order chi connectivity index (χ1) is 17.4. The van der Waals surface area contributed by atoms with Gasteiger partial charge in [0.1, 0.15) is 13.2 Å². The number of hydrogen-bond donors (Lipinski definition) is 0. The lowest BCUT2D eigenvalue weighted by atomic mass is 10.1. The molecule has 0 atom stereocenters. The first-order valence-corrected chi connectivity index (χ1v) is 11.8. The Morgan fingerprint density at radius 2 is 1.58 bits per heavy atom. The Bertz CT molecular complexity index is 1200. The fourth-order valence-electron chi connectivity index (χ4n) is 3.54. The fraction of sp³-hybridized carbons (Fsp3) is 0.259. The summed E-state index contributed by atoms with van der Waals surface area (Å²) in [7, 11) is 4.38. The molecule has 7 nitrogen and oxygen atoms in total. The van der Waals surface area contributed by atoms with E-state index in [0.29, 0.717) is 17.9 Å². The molecule has 0 aliphatic rings. The number of halogens is 2. The molecule has 0 fully saturated rings. The number of ether oxygens (including phenoxy) is 4. The van der Waals surface area contributed by atoms with E-state index in [1.54, 1.807) is 20.3 Å². The molecule has 3 aromatic carbocycles. The molecule has 1 amide bonds. The number of methoxy groups -OCH3 is 3. The van der Waals surface area contributed by atoms with Crippen molar-refractivity contribution in [2.75, 3.05) is 34.4 Å². The Kier molecular flexibility index (Phi) is 9.85. The summed E-state index contributed by atoms with van der Waals surface area (Å²) in [4.78, 5) is 27.2. The highest BCUT2D eigenvalue weighted by Gasteiger charge is 2.25. The van der Waals surface area contributed by atoms with E-state index in [9.17, 15) is 9.59 Å². The van der Waals surface area contributed by atoms with Crippen LogP contribution in [0.25, 0.3) is 0 Å². The zero-order valence-electron chi connectivity index (χ0n) is 20.3. The number of benzene rings is 3. The van der Waals surface area contributed by atoms with Crippen LogP contribution in [-0.4, -0.2) is 51.2 Å². The smallest absolute Gasteiger partial charge is 0.325 e. The molecule has 190 valence electrons. The van der Waals surface area contributed by atoms with Crippen molar-refractivity contribution in [2.24, 2.45) is 0 Å². The van der Waals surface area contributed by atoms with Crippen LogP contribution in [-0.2, 0) is 22.6 Å². The monoisotopic (exact) mass is 531 g/mol. The quantitative estimate of drug-likeness (QED) is 0.306. The van der Waals surface area contributed by atoms with E-state index in [4.69, 9.17) is 42.1 Å². The number of carbonyl (C=O) groups excluding carboxylic acids is 2. The van der Waals surface area contributed by atoms with Crippen molar-refractivity contribution >= 4 is 35.1 Å². The summed E-state index contributed by atoms with van der Waals surface area (Å²) in [5.74, 6) is 0.330. The predicted molar refractivity (Wildman–Crippen MR) is 138 cm³/mol. The Morgan fingerprint density at radius 3 is 2.25 bits per heavy atom. The van der Waals surface area contributed by atoms with Gasteiger partial charge in [0.15, 0.2) is 17.2 Å². The molecule has 0 unspecified atom stereocenters. The topological polar surface area (TPSA) is 74.3 Å². The largest absolute Gasteiger partial charge is 0.493 e.